The van der Waals surface area contributed by atoms with Gasteiger partial charge in [0.05, 0.1) is 0 Å². The van der Waals surface area contributed by atoms with E-state index in [1.54, 1.807) is 24.4 Å². The standard InChI is InChI=1S/C16H16N2O/c1-12-8-9-17-16(10-12)18-13(2)11-15(19)14-6-4-3-5-7-14/h3-11H,1-2H3,(H,17,18)/b13-11+. The van der Waals surface area contributed by atoms with Gasteiger partial charge in [0.25, 0.3) is 0 Å². The predicted molar refractivity (Wildman–Crippen MR) is 77.1 cm³/mol. The summed E-state index contributed by atoms with van der Waals surface area (Å²) in [6.45, 7) is 3.85. The first kappa shape index (κ1) is 13.0. The Morgan fingerprint density at radius 1 is 1.21 bits per heavy atom. The van der Waals surface area contributed by atoms with E-state index in [1.165, 1.54) is 0 Å². The van der Waals surface area contributed by atoms with Gasteiger partial charge in [-0.3, -0.25) is 4.79 Å². The minimum Gasteiger partial charge on any atom is -0.344 e. The number of carbonyl (C=O) groups excluding carboxylic acids is 1. The Morgan fingerprint density at radius 3 is 2.63 bits per heavy atom. The third-order valence-electron chi connectivity index (χ3n) is 2.65. The van der Waals surface area contributed by atoms with Crippen LogP contribution in [0.15, 0.2) is 60.4 Å². The largest absolute Gasteiger partial charge is 0.344 e. The maximum Gasteiger partial charge on any atom is 0.187 e. The number of ketones is 1. The fraction of sp³-hybridized carbons (Fsp3) is 0.125. The van der Waals surface area contributed by atoms with Crippen molar-refractivity contribution in [2.24, 2.45) is 0 Å². The van der Waals surface area contributed by atoms with Crippen molar-refractivity contribution in [3.63, 3.8) is 0 Å². The summed E-state index contributed by atoms with van der Waals surface area (Å²) in [6.07, 6.45) is 3.32. The highest BCUT2D eigenvalue weighted by molar-refractivity contribution is 6.05. The zero-order valence-electron chi connectivity index (χ0n) is 11.1. The second-order valence-electron chi connectivity index (χ2n) is 4.40. The molecule has 0 saturated heterocycles. The molecule has 1 heterocycles. The average Bonchev–Trinajstić information content (AvgIpc) is 2.39. The number of rotatable bonds is 4. The number of aromatic nitrogens is 1. The molecule has 0 spiro atoms. The van der Waals surface area contributed by atoms with Crippen LogP contribution in [0.3, 0.4) is 0 Å². The molecule has 2 aromatic rings. The van der Waals surface area contributed by atoms with Gasteiger partial charge in [-0.05, 0) is 31.5 Å². The van der Waals surface area contributed by atoms with Gasteiger partial charge in [0.2, 0.25) is 0 Å². The topological polar surface area (TPSA) is 42.0 Å². The van der Waals surface area contributed by atoms with Gasteiger partial charge in [-0.1, -0.05) is 30.3 Å². The molecule has 3 heteroatoms. The quantitative estimate of drug-likeness (QED) is 0.668. The number of carbonyl (C=O) groups is 1. The van der Waals surface area contributed by atoms with Crippen molar-refractivity contribution in [1.82, 2.24) is 4.98 Å². The molecule has 0 unspecified atom stereocenters. The van der Waals surface area contributed by atoms with E-state index in [0.717, 1.165) is 17.1 Å². The zero-order chi connectivity index (χ0) is 13.7. The lowest BCUT2D eigenvalue weighted by Gasteiger charge is -2.06. The molecule has 0 aliphatic heterocycles. The number of nitrogens with one attached hydrogen (secondary N) is 1. The lowest BCUT2D eigenvalue weighted by atomic mass is 10.1. The molecule has 1 aromatic carbocycles. The number of hydrogen-bond donors (Lipinski definition) is 1. The van der Waals surface area contributed by atoms with Gasteiger partial charge >= 0.3 is 0 Å². The van der Waals surface area contributed by atoms with E-state index in [0.29, 0.717) is 5.56 Å². The molecule has 19 heavy (non-hydrogen) atoms. The second-order valence-corrected chi connectivity index (χ2v) is 4.40. The summed E-state index contributed by atoms with van der Waals surface area (Å²) < 4.78 is 0. The lowest BCUT2D eigenvalue weighted by Crippen LogP contribution is -2.02. The summed E-state index contributed by atoms with van der Waals surface area (Å²) in [5.74, 6) is 0.730. The highest BCUT2D eigenvalue weighted by Gasteiger charge is 2.02. The first-order chi connectivity index (χ1) is 9.15. The summed E-state index contributed by atoms with van der Waals surface area (Å²) in [6, 6.07) is 13.1. The SMILES string of the molecule is C/C(=C\C(=O)c1ccccc1)Nc1cc(C)ccn1. The number of nitrogens with zero attached hydrogens (tertiary/aromatic N) is 1. The van der Waals surface area contributed by atoms with Crippen LogP contribution in [-0.2, 0) is 0 Å². The van der Waals surface area contributed by atoms with Gasteiger partial charge in [-0.15, -0.1) is 0 Å². The zero-order valence-corrected chi connectivity index (χ0v) is 11.1. The molecule has 0 amide bonds. The van der Waals surface area contributed by atoms with Gasteiger partial charge in [0.15, 0.2) is 5.78 Å². The summed E-state index contributed by atoms with van der Waals surface area (Å²) in [5.41, 5.74) is 2.58. The molecule has 0 aliphatic carbocycles. The molecule has 1 N–H and O–H groups in total. The molecular formula is C16H16N2O. The molecule has 0 fully saturated rings. The third kappa shape index (κ3) is 3.78. The monoisotopic (exact) mass is 252 g/mol. The van der Waals surface area contributed by atoms with Crippen molar-refractivity contribution in [1.29, 1.82) is 0 Å². The Hall–Kier alpha value is -2.42. The van der Waals surface area contributed by atoms with E-state index in [-0.39, 0.29) is 5.78 Å². The van der Waals surface area contributed by atoms with Crippen LogP contribution >= 0.6 is 0 Å². The molecule has 96 valence electrons. The van der Waals surface area contributed by atoms with Crippen molar-refractivity contribution < 1.29 is 4.79 Å². The van der Waals surface area contributed by atoms with Gasteiger partial charge < -0.3 is 5.32 Å². The molecule has 2 rings (SSSR count). The molecule has 3 nitrogen and oxygen atoms in total. The summed E-state index contributed by atoms with van der Waals surface area (Å²) in [5, 5.41) is 3.11. The Labute approximate surface area is 113 Å². The van der Waals surface area contributed by atoms with Crippen LogP contribution in [0.4, 0.5) is 5.82 Å². The molecular weight excluding hydrogens is 236 g/mol. The molecule has 1 aromatic heterocycles. The summed E-state index contributed by atoms with van der Waals surface area (Å²) >= 11 is 0. The highest BCUT2D eigenvalue weighted by atomic mass is 16.1. The molecule has 0 aliphatic rings. The minimum absolute atomic E-state index is 0.0155. The molecule has 0 atom stereocenters. The first-order valence-electron chi connectivity index (χ1n) is 6.12. The van der Waals surface area contributed by atoms with Crippen LogP contribution in [0.5, 0.6) is 0 Å². The first-order valence-corrected chi connectivity index (χ1v) is 6.12. The van der Waals surface area contributed by atoms with Crippen LogP contribution in [0.1, 0.15) is 22.8 Å². The third-order valence-corrected chi connectivity index (χ3v) is 2.65. The molecule has 0 saturated carbocycles. The van der Waals surface area contributed by atoms with Crippen molar-refractivity contribution in [2.75, 3.05) is 5.32 Å². The number of hydrogen-bond acceptors (Lipinski definition) is 3. The van der Waals surface area contributed by atoms with Crippen molar-refractivity contribution >= 4 is 11.6 Å². The van der Waals surface area contributed by atoms with Crippen molar-refractivity contribution in [2.45, 2.75) is 13.8 Å². The summed E-state index contributed by atoms with van der Waals surface area (Å²) in [7, 11) is 0. The van der Waals surface area contributed by atoms with E-state index in [9.17, 15) is 4.79 Å². The smallest absolute Gasteiger partial charge is 0.187 e. The minimum atomic E-state index is -0.0155. The number of aryl methyl sites for hydroxylation is 1. The summed E-state index contributed by atoms with van der Waals surface area (Å²) in [4.78, 5) is 16.2. The Balaban J connectivity index is 2.09. The Morgan fingerprint density at radius 2 is 1.95 bits per heavy atom. The van der Waals surface area contributed by atoms with Crippen LogP contribution < -0.4 is 5.32 Å². The van der Waals surface area contributed by atoms with Crippen LogP contribution in [0, 0.1) is 6.92 Å². The molecule has 0 radical (unpaired) electrons. The lowest BCUT2D eigenvalue weighted by molar-refractivity contribution is 0.104. The average molecular weight is 252 g/mol. The fourth-order valence-electron chi connectivity index (χ4n) is 1.73. The predicted octanol–water partition coefficient (Wildman–Crippen LogP) is 3.59. The maximum absolute atomic E-state index is 12.0. The number of pyridine rings is 1. The number of allylic oxidation sites excluding steroid dienone is 2. The van der Waals surface area contributed by atoms with Gasteiger partial charge in [-0.2, -0.15) is 0 Å². The van der Waals surface area contributed by atoms with E-state index in [4.69, 9.17) is 0 Å². The van der Waals surface area contributed by atoms with Crippen LogP contribution in [0.2, 0.25) is 0 Å². The van der Waals surface area contributed by atoms with Crippen molar-refractivity contribution in [3.8, 4) is 0 Å². The maximum atomic E-state index is 12.0. The molecule has 0 bridgehead atoms. The number of anilines is 1. The van der Waals surface area contributed by atoms with E-state index in [1.807, 2.05) is 44.2 Å². The number of benzene rings is 1. The van der Waals surface area contributed by atoms with Gasteiger partial charge in [-0.25, -0.2) is 4.98 Å². The van der Waals surface area contributed by atoms with Crippen molar-refractivity contribution in [3.05, 3.63) is 71.6 Å². The fourth-order valence-corrected chi connectivity index (χ4v) is 1.73. The van der Waals surface area contributed by atoms with E-state index >= 15 is 0 Å². The second kappa shape index (κ2) is 5.96. The normalized spacial score (nSPS) is 11.2. The van der Waals surface area contributed by atoms with E-state index in [2.05, 4.69) is 10.3 Å². The van der Waals surface area contributed by atoms with Gasteiger partial charge in [0.1, 0.15) is 5.82 Å². The Bertz CT molecular complexity index is 603. The van der Waals surface area contributed by atoms with Gasteiger partial charge in [0, 0.05) is 23.5 Å². The van der Waals surface area contributed by atoms with Crippen LogP contribution in [0.25, 0.3) is 0 Å². The van der Waals surface area contributed by atoms with E-state index < -0.39 is 0 Å². The highest BCUT2D eigenvalue weighted by Crippen LogP contribution is 2.09. The Kier molecular flexibility index (Phi) is 4.08. The van der Waals surface area contributed by atoms with Crippen LogP contribution in [-0.4, -0.2) is 10.8 Å².